The van der Waals surface area contributed by atoms with Crippen LogP contribution in [0.4, 0.5) is 0 Å². The number of piperazine rings is 1. The zero-order valence-electron chi connectivity index (χ0n) is 10.9. The van der Waals surface area contributed by atoms with Gasteiger partial charge in [0.2, 0.25) is 0 Å². The molecule has 5 heteroatoms. The third-order valence-corrected chi connectivity index (χ3v) is 4.87. The zero-order chi connectivity index (χ0) is 13.0. The average Bonchev–Trinajstić information content (AvgIpc) is 2.79. The SMILES string of the molecule is CCCN1CCN(C(CN)c2ccc(Cl)s2)CC1. The first-order valence-corrected chi connectivity index (χ1v) is 7.85. The van der Waals surface area contributed by atoms with E-state index in [1.807, 2.05) is 6.07 Å². The lowest BCUT2D eigenvalue weighted by atomic mass is 10.1. The van der Waals surface area contributed by atoms with Gasteiger partial charge in [0, 0.05) is 37.6 Å². The van der Waals surface area contributed by atoms with E-state index in [1.165, 1.54) is 17.8 Å². The molecule has 0 aromatic carbocycles. The molecule has 2 N–H and O–H groups in total. The summed E-state index contributed by atoms with van der Waals surface area (Å²) in [6, 6.07) is 4.42. The highest BCUT2D eigenvalue weighted by Crippen LogP contribution is 2.30. The summed E-state index contributed by atoms with van der Waals surface area (Å²) >= 11 is 7.67. The number of hydrogen-bond acceptors (Lipinski definition) is 4. The second-order valence-electron chi connectivity index (χ2n) is 4.77. The van der Waals surface area contributed by atoms with Gasteiger partial charge in [-0.05, 0) is 25.1 Å². The molecule has 1 atom stereocenters. The Morgan fingerprint density at radius 2 is 2.06 bits per heavy atom. The lowest BCUT2D eigenvalue weighted by molar-refractivity contribution is 0.0998. The lowest BCUT2D eigenvalue weighted by Crippen LogP contribution is -2.48. The highest BCUT2D eigenvalue weighted by Gasteiger charge is 2.24. The molecule has 0 amide bonds. The fourth-order valence-corrected chi connectivity index (χ4v) is 3.78. The van der Waals surface area contributed by atoms with Crippen molar-refractivity contribution in [1.29, 1.82) is 0 Å². The first-order valence-electron chi connectivity index (χ1n) is 6.66. The molecule has 2 heterocycles. The Balaban J connectivity index is 1.94. The molecule has 1 aromatic heterocycles. The minimum absolute atomic E-state index is 0.339. The maximum Gasteiger partial charge on any atom is 0.0931 e. The molecule has 2 rings (SSSR count). The molecule has 18 heavy (non-hydrogen) atoms. The van der Waals surface area contributed by atoms with Gasteiger partial charge < -0.3 is 10.6 Å². The standard InChI is InChI=1S/C13H22ClN3S/c1-2-5-16-6-8-17(9-7-16)11(10-15)12-3-4-13(14)18-12/h3-4,11H,2,5-10,15H2,1H3. The highest BCUT2D eigenvalue weighted by atomic mass is 35.5. The molecule has 3 nitrogen and oxygen atoms in total. The van der Waals surface area contributed by atoms with Crippen molar-refractivity contribution < 1.29 is 0 Å². The Hall–Kier alpha value is -0.130. The van der Waals surface area contributed by atoms with E-state index < -0.39 is 0 Å². The second kappa shape index (κ2) is 6.87. The van der Waals surface area contributed by atoms with Gasteiger partial charge in [-0.2, -0.15) is 0 Å². The fraction of sp³-hybridized carbons (Fsp3) is 0.692. The first-order chi connectivity index (χ1) is 8.74. The van der Waals surface area contributed by atoms with Crippen molar-refractivity contribution in [3.8, 4) is 0 Å². The third kappa shape index (κ3) is 3.45. The van der Waals surface area contributed by atoms with E-state index >= 15 is 0 Å². The van der Waals surface area contributed by atoms with Crippen molar-refractivity contribution in [3.63, 3.8) is 0 Å². The second-order valence-corrected chi connectivity index (χ2v) is 6.52. The lowest BCUT2D eigenvalue weighted by Gasteiger charge is -2.38. The van der Waals surface area contributed by atoms with Crippen LogP contribution in [0.5, 0.6) is 0 Å². The van der Waals surface area contributed by atoms with E-state index in [0.717, 1.165) is 30.5 Å². The summed E-state index contributed by atoms with van der Waals surface area (Å²) in [4.78, 5) is 6.33. The molecule has 1 aromatic rings. The smallest absolute Gasteiger partial charge is 0.0931 e. The average molecular weight is 288 g/mol. The van der Waals surface area contributed by atoms with E-state index in [4.69, 9.17) is 17.3 Å². The van der Waals surface area contributed by atoms with Crippen LogP contribution in [0.15, 0.2) is 12.1 Å². The molecular formula is C13H22ClN3S. The van der Waals surface area contributed by atoms with Crippen LogP contribution in [0.3, 0.4) is 0 Å². The minimum Gasteiger partial charge on any atom is -0.329 e. The van der Waals surface area contributed by atoms with Gasteiger partial charge in [0.05, 0.1) is 10.4 Å². The largest absolute Gasteiger partial charge is 0.329 e. The van der Waals surface area contributed by atoms with Crippen LogP contribution in [0.2, 0.25) is 4.34 Å². The topological polar surface area (TPSA) is 32.5 Å². The van der Waals surface area contributed by atoms with Crippen molar-refractivity contribution in [2.24, 2.45) is 5.73 Å². The fourth-order valence-electron chi connectivity index (χ4n) is 2.57. The monoisotopic (exact) mass is 287 g/mol. The molecule has 102 valence electrons. The van der Waals surface area contributed by atoms with Gasteiger partial charge in [0.25, 0.3) is 0 Å². The molecule has 1 unspecified atom stereocenters. The number of nitrogens with zero attached hydrogens (tertiary/aromatic N) is 2. The molecule has 0 saturated carbocycles. The van der Waals surface area contributed by atoms with Gasteiger partial charge in [-0.3, -0.25) is 4.90 Å². The molecule has 0 bridgehead atoms. The summed E-state index contributed by atoms with van der Waals surface area (Å²) in [5.74, 6) is 0. The number of rotatable bonds is 5. The highest BCUT2D eigenvalue weighted by molar-refractivity contribution is 7.16. The van der Waals surface area contributed by atoms with Gasteiger partial charge in [0.15, 0.2) is 0 Å². The molecule has 1 aliphatic rings. The Bertz CT molecular complexity index is 361. The molecule has 0 radical (unpaired) electrons. The van der Waals surface area contributed by atoms with Crippen LogP contribution in [0.25, 0.3) is 0 Å². The van der Waals surface area contributed by atoms with Crippen molar-refractivity contribution >= 4 is 22.9 Å². The Morgan fingerprint density at radius 3 is 2.56 bits per heavy atom. The summed E-state index contributed by atoms with van der Waals surface area (Å²) in [5, 5.41) is 0. The van der Waals surface area contributed by atoms with Crippen LogP contribution in [0, 0.1) is 0 Å². The van der Waals surface area contributed by atoms with Crippen molar-refractivity contribution in [2.75, 3.05) is 39.3 Å². The summed E-state index contributed by atoms with van der Waals surface area (Å²) in [5.41, 5.74) is 5.95. The van der Waals surface area contributed by atoms with Crippen molar-refractivity contribution in [3.05, 3.63) is 21.3 Å². The third-order valence-electron chi connectivity index (χ3n) is 3.53. The predicted molar refractivity (Wildman–Crippen MR) is 79.4 cm³/mol. The Kier molecular flexibility index (Phi) is 5.45. The zero-order valence-corrected chi connectivity index (χ0v) is 12.5. The van der Waals surface area contributed by atoms with Gasteiger partial charge >= 0.3 is 0 Å². The van der Waals surface area contributed by atoms with Gasteiger partial charge in [-0.15, -0.1) is 11.3 Å². The van der Waals surface area contributed by atoms with Crippen LogP contribution in [-0.2, 0) is 0 Å². The van der Waals surface area contributed by atoms with Crippen LogP contribution >= 0.6 is 22.9 Å². The Labute approximate surface area is 119 Å². The Morgan fingerprint density at radius 1 is 1.33 bits per heavy atom. The van der Waals surface area contributed by atoms with Gasteiger partial charge in [-0.1, -0.05) is 18.5 Å². The van der Waals surface area contributed by atoms with E-state index in [9.17, 15) is 0 Å². The molecule has 1 fully saturated rings. The van der Waals surface area contributed by atoms with Crippen molar-refractivity contribution in [2.45, 2.75) is 19.4 Å². The van der Waals surface area contributed by atoms with Crippen LogP contribution in [-0.4, -0.2) is 49.1 Å². The summed E-state index contributed by atoms with van der Waals surface area (Å²) in [6.45, 7) is 8.65. The molecule has 0 aliphatic carbocycles. The van der Waals surface area contributed by atoms with E-state index in [-0.39, 0.29) is 0 Å². The van der Waals surface area contributed by atoms with E-state index in [2.05, 4.69) is 22.8 Å². The maximum atomic E-state index is 6.02. The minimum atomic E-state index is 0.339. The van der Waals surface area contributed by atoms with Crippen LogP contribution in [0.1, 0.15) is 24.3 Å². The quantitative estimate of drug-likeness (QED) is 0.903. The predicted octanol–water partition coefficient (Wildman–Crippen LogP) is 2.43. The number of thiophene rings is 1. The summed E-state index contributed by atoms with van der Waals surface area (Å²) < 4.78 is 0.855. The summed E-state index contributed by atoms with van der Waals surface area (Å²) in [6.07, 6.45) is 1.24. The molecule has 1 aliphatic heterocycles. The first kappa shape index (κ1) is 14.3. The van der Waals surface area contributed by atoms with Crippen LogP contribution < -0.4 is 5.73 Å². The number of halogens is 1. The van der Waals surface area contributed by atoms with E-state index in [1.54, 1.807) is 11.3 Å². The van der Waals surface area contributed by atoms with Crippen molar-refractivity contribution in [1.82, 2.24) is 9.80 Å². The normalized spacial score (nSPS) is 20.2. The number of nitrogens with two attached hydrogens (primary N) is 1. The summed E-state index contributed by atoms with van der Waals surface area (Å²) in [7, 11) is 0. The van der Waals surface area contributed by atoms with E-state index in [0.29, 0.717) is 12.6 Å². The maximum absolute atomic E-state index is 6.02. The van der Waals surface area contributed by atoms with Gasteiger partial charge in [-0.25, -0.2) is 0 Å². The molecular weight excluding hydrogens is 266 g/mol. The molecule has 1 saturated heterocycles. The van der Waals surface area contributed by atoms with Gasteiger partial charge in [0.1, 0.15) is 0 Å². The molecule has 0 spiro atoms. The number of hydrogen-bond donors (Lipinski definition) is 1.